The van der Waals surface area contributed by atoms with E-state index in [4.69, 9.17) is 5.26 Å². The van der Waals surface area contributed by atoms with Gasteiger partial charge in [-0.05, 0) is 18.3 Å². The maximum atomic E-state index is 11.7. The van der Waals surface area contributed by atoms with Crippen LogP contribution >= 0.6 is 0 Å². The van der Waals surface area contributed by atoms with Crippen LogP contribution < -0.4 is 0 Å². The number of sulfonamides is 1. The van der Waals surface area contributed by atoms with Gasteiger partial charge in [0.05, 0.1) is 6.07 Å². The summed E-state index contributed by atoms with van der Waals surface area (Å²) in [7, 11) is -3.33. The first-order valence-corrected chi connectivity index (χ1v) is 7.45. The molecule has 0 radical (unpaired) electrons. The summed E-state index contributed by atoms with van der Waals surface area (Å²) in [4.78, 5) is 0. The summed E-state index contributed by atoms with van der Waals surface area (Å²) in [5.74, 6) is -0.391. The third kappa shape index (κ3) is 2.74. The fraction of sp³-hybridized carbons (Fsp3) is 0.909. The van der Waals surface area contributed by atoms with E-state index in [2.05, 4.69) is 13.8 Å². The van der Waals surface area contributed by atoms with Crippen LogP contribution in [0.5, 0.6) is 0 Å². The quantitative estimate of drug-likeness (QED) is 0.756. The van der Waals surface area contributed by atoms with E-state index in [0.29, 0.717) is 18.5 Å². The van der Waals surface area contributed by atoms with E-state index in [1.54, 1.807) is 6.07 Å². The Balaban J connectivity index is 2.66. The Hall–Kier alpha value is -0.600. The normalized spacial score (nSPS) is 21.6. The zero-order valence-corrected chi connectivity index (χ0v) is 10.9. The molecule has 0 unspecified atom stereocenters. The molecule has 0 amide bonds. The van der Waals surface area contributed by atoms with Crippen molar-refractivity contribution in [3.05, 3.63) is 0 Å². The number of nitrogens with zero attached hydrogens (tertiary/aromatic N) is 2. The second kappa shape index (κ2) is 5.15. The highest BCUT2D eigenvalue weighted by atomic mass is 32.2. The predicted molar refractivity (Wildman–Crippen MR) is 63.2 cm³/mol. The number of piperidine rings is 1. The monoisotopic (exact) mass is 244 g/mol. The van der Waals surface area contributed by atoms with Gasteiger partial charge < -0.3 is 0 Å². The molecule has 1 saturated heterocycles. The van der Waals surface area contributed by atoms with Crippen molar-refractivity contribution in [2.45, 2.75) is 39.5 Å². The van der Waals surface area contributed by atoms with E-state index in [1.165, 1.54) is 4.31 Å². The number of rotatable bonds is 4. The minimum absolute atomic E-state index is 0.318. The van der Waals surface area contributed by atoms with Crippen LogP contribution in [0.4, 0.5) is 0 Å². The van der Waals surface area contributed by atoms with Gasteiger partial charge in [0.25, 0.3) is 0 Å². The average molecular weight is 244 g/mol. The van der Waals surface area contributed by atoms with Gasteiger partial charge in [0.15, 0.2) is 5.75 Å². The molecule has 0 bridgehead atoms. The molecule has 0 aliphatic carbocycles. The first-order chi connectivity index (χ1) is 7.49. The Morgan fingerprint density at radius 3 is 2.12 bits per heavy atom. The minimum atomic E-state index is -3.33. The van der Waals surface area contributed by atoms with Gasteiger partial charge >= 0.3 is 0 Å². The lowest BCUT2D eigenvalue weighted by atomic mass is 9.75. The Morgan fingerprint density at radius 1 is 1.25 bits per heavy atom. The molecule has 0 aromatic heterocycles. The lowest BCUT2D eigenvalue weighted by Gasteiger charge is -2.40. The van der Waals surface area contributed by atoms with Crippen LogP contribution in [0.25, 0.3) is 0 Å². The van der Waals surface area contributed by atoms with E-state index < -0.39 is 15.8 Å². The Morgan fingerprint density at radius 2 is 1.75 bits per heavy atom. The van der Waals surface area contributed by atoms with Crippen LogP contribution in [0.15, 0.2) is 0 Å². The van der Waals surface area contributed by atoms with Gasteiger partial charge in [-0.15, -0.1) is 0 Å². The first kappa shape index (κ1) is 13.5. The van der Waals surface area contributed by atoms with E-state index in [0.717, 1.165) is 25.7 Å². The maximum absolute atomic E-state index is 11.7. The molecule has 1 heterocycles. The van der Waals surface area contributed by atoms with Gasteiger partial charge in [-0.25, -0.2) is 12.7 Å². The van der Waals surface area contributed by atoms with E-state index in [1.807, 2.05) is 0 Å². The molecule has 1 aliphatic rings. The second-order valence-electron chi connectivity index (χ2n) is 4.52. The summed E-state index contributed by atoms with van der Waals surface area (Å²) in [5, 5.41) is 8.47. The summed E-state index contributed by atoms with van der Waals surface area (Å²) in [6.45, 7) is 5.49. The summed E-state index contributed by atoms with van der Waals surface area (Å²) >= 11 is 0. The highest BCUT2D eigenvalue weighted by Gasteiger charge is 2.35. The van der Waals surface area contributed by atoms with Crippen LogP contribution in [-0.2, 0) is 10.0 Å². The number of nitriles is 1. The summed E-state index contributed by atoms with van der Waals surface area (Å²) in [6.07, 6.45) is 4.06. The lowest BCUT2D eigenvalue weighted by Crippen LogP contribution is -2.43. The zero-order valence-electron chi connectivity index (χ0n) is 10.1. The lowest BCUT2D eigenvalue weighted by molar-refractivity contribution is 0.142. The summed E-state index contributed by atoms with van der Waals surface area (Å²) in [5.41, 5.74) is 0.318. The van der Waals surface area contributed by atoms with Gasteiger partial charge in [0.2, 0.25) is 10.0 Å². The molecule has 92 valence electrons. The molecule has 1 aliphatic heterocycles. The van der Waals surface area contributed by atoms with Crippen LogP contribution in [0, 0.1) is 16.7 Å². The van der Waals surface area contributed by atoms with Crippen molar-refractivity contribution in [1.29, 1.82) is 5.26 Å². The van der Waals surface area contributed by atoms with Crippen molar-refractivity contribution < 1.29 is 8.42 Å². The van der Waals surface area contributed by atoms with Crippen molar-refractivity contribution in [2.75, 3.05) is 18.8 Å². The third-order valence-electron chi connectivity index (χ3n) is 3.92. The molecule has 0 spiro atoms. The third-order valence-corrected chi connectivity index (χ3v) is 5.57. The van der Waals surface area contributed by atoms with Crippen LogP contribution in [0.3, 0.4) is 0 Å². The van der Waals surface area contributed by atoms with E-state index in [9.17, 15) is 8.42 Å². The topological polar surface area (TPSA) is 61.2 Å². The van der Waals surface area contributed by atoms with Crippen molar-refractivity contribution in [1.82, 2.24) is 4.31 Å². The highest BCUT2D eigenvalue weighted by Crippen LogP contribution is 2.38. The molecular formula is C11H20N2O2S. The van der Waals surface area contributed by atoms with Gasteiger partial charge in [-0.2, -0.15) is 5.26 Å². The molecule has 1 rings (SSSR count). The molecule has 16 heavy (non-hydrogen) atoms. The largest absolute Gasteiger partial charge is 0.227 e. The fourth-order valence-electron chi connectivity index (χ4n) is 2.37. The van der Waals surface area contributed by atoms with Gasteiger partial charge in [-0.1, -0.05) is 26.7 Å². The van der Waals surface area contributed by atoms with E-state index >= 15 is 0 Å². The number of hydrogen-bond acceptors (Lipinski definition) is 3. The molecular weight excluding hydrogens is 224 g/mol. The smallest absolute Gasteiger partial charge is 0.211 e. The van der Waals surface area contributed by atoms with Crippen LogP contribution in [0.2, 0.25) is 0 Å². The zero-order chi connectivity index (χ0) is 12.2. The maximum Gasteiger partial charge on any atom is 0.227 e. The van der Waals surface area contributed by atoms with Gasteiger partial charge in [0, 0.05) is 13.1 Å². The van der Waals surface area contributed by atoms with Gasteiger partial charge in [0.1, 0.15) is 0 Å². The molecule has 0 saturated carbocycles. The summed E-state index contributed by atoms with van der Waals surface area (Å²) < 4.78 is 24.8. The minimum Gasteiger partial charge on any atom is -0.211 e. The second-order valence-corrected chi connectivity index (χ2v) is 6.49. The van der Waals surface area contributed by atoms with Crippen molar-refractivity contribution in [3.63, 3.8) is 0 Å². The van der Waals surface area contributed by atoms with Crippen molar-refractivity contribution in [3.8, 4) is 6.07 Å². The molecule has 0 aromatic carbocycles. The molecule has 0 atom stereocenters. The van der Waals surface area contributed by atoms with Crippen molar-refractivity contribution in [2.24, 2.45) is 5.41 Å². The Labute approximate surface area is 98.3 Å². The molecule has 5 heteroatoms. The average Bonchev–Trinajstić information content (AvgIpc) is 2.29. The Bertz CT molecular complexity index is 356. The summed E-state index contributed by atoms with van der Waals surface area (Å²) in [6, 6.07) is 1.72. The highest BCUT2D eigenvalue weighted by molar-refractivity contribution is 7.89. The Kier molecular flexibility index (Phi) is 4.34. The van der Waals surface area contributed by atoms with Gasteiger partial charge in [-0.3, -0.25) is 0 Å². The molecule has 0 N–H and O–H groups in total. The SMILES string of the molecule is CCC1(CC)CCN(S(=O)(=O)CC#N)CC1. The van der Waals surface area contributed by atoms with Crippen LogP contribution in [-0.4, -0.2) is 31.6 Å². The fourth-order valence-corrected chi connectivity index (χ4v) is 3.45. The number of hydrogen-bond donors (Lipinski definition) is 0. The molecule has 1 fully saturated rings. The molecule has 0 aromatic rings. The standard InChI is InChI=1S/C11H20N2O2S/c1-3-11(4-2)5-8-13(9-6-11)16(14,15)10-7-12/h3-6,8-10H2,1-2H3. The molecule has 4 nitrogen and oxygen atoms in total. The van der Waals surface area contributed by atoms with Crippen LogP contribution in [0.1, 0.15) is 39.5 Å². The predicted octanol–water partition coefficient (Wildman–Crippen LogP) is 1.74. The first-order valence-electron chi connectivity index (χ1n) is 5.84. The van der Waals surface area contributed by atoms with E-state index in [-0.39, 0.29) is 0 Å². The van der Waals surface area contributed by atoms with Crippen molar-refractivity contribution >= 4 is 10.0 Å².